The molecule has 0 aliphatic rings. The van der Waals surface area contributed by atoms with Gasteiger partial charge in [0.1, 0.15) is 33.1 Å². The first-order chi connectivity index (χ1) is 14.2. The zero-order chi connectivity index (χ0) is 22.0. The third kappa shape index (κ3) is 4.60. The van der Waals surface area contributed by atoms with Gasteiger partial charge in [-0.05, 0) is 13.3 Å². The Morgan fingerprint density at radius 1 is 1.27 bits per heavy atom. The normalized spacial score (nSPS) is 10.9. The molecular formula is C19H16ClF2N3O4S. The molecule has 1 amide bonds. The average molecular weight is 456 g/mol. The lowest BCUT2D eigenvalue weighted by Gasteiger charge is -2.04. The van der Waals surface area contributed by atoms with Crippen LogP contribution >= 0.6 is 22.9 Å². The van der Waals surface area contributed by atoms with Crippen molar-refractivity contribution in [2.45, 2.75) is 26.3 Å². The van der Waals surface area contributed by atoms with E-state index >= 15 is 0 Å². The first kappa shape index (κ1) is 21.7. The molecule has 1 aromatic carbocycles. The summed E-state index contributed by atoms with van der Waals surface area (Å²) in [6.45, 7) is 2.38. The first-order valence-electron chi connectivity index (χ1n) is 8.76. The number of phenols is 1. The van der Waals surface area contributed by atoms with Crippen LogP contribution in [0.4, 0.5) is 14.5 Å². The highest BCUT2D eigenvalue weighted by molar-refractivity contribution is 7.15. The number of carbonyl (C=O) groups excluding carboxylic acids is 1. The van der Waals surface area contributed by atoms with Gasteiger partial charge in [0.25, 0.3) is 0 Å². The number of carbonyl (C=O) groups is 2. The number of hydrogen-bond acceptors (Lipinski definition) is 5. The predicted molar refractivity (Wildman–Crippen MR) is 108 cm³/mol. The van der Waals surface area contributed by atoms with Crippen LogP contribution < -0.4 is 5.32 Å². The van der Waals surface area contributed by atoms with Gasteiger partial charge in [-0.25, -0.2) is 18.6 Å². The molecule has 0 unspecified atom stereocenters. The number of aromatic nitrogens is 2. The summed E-state index contributed by atoms with van der Waals surface area (Å²) in [6.07, 6.45) is 3.04. The molecule has 3 N–H and O–H groups in total. The molecule has 3 rings (SSSR count). The molecule has 3 aromatic rings. The van der Waals surface area contributed by atoms with Gasteiger partial charge in [0.15, 0.2) is 0 Å². The van der Waals surface area contributed by atoms with Crippen molar-refractivity contribution in [1.29, 1.82) is 0 Å². The van der Waals surface area contributed by atoms with Gasteiger partial charge < -0.3 is 20.1 Å². The number of rotatable bonds is 7. The fraction of sp³-hybridized carbons (Fsp3) is 0.211. The number of thiazole rings is 1. The zero-order valence-corrected chi connectivity index (χ0v) is 17.2. The van der Waals surface area contributed by atoms with Crippen molar-refractivity contribution in [3.63, 3.8) is 0 Å². The third-order valence-corrected chi connectivity index (χ3v) is 5.78. The summed E-state index contributed by atoms with van der Waals surface area (Å²) in [5.74, 6) is -4.12. The number of nitrogens with one attached hydrogen (secondary N) is 1. The molecule has 0 saturated carbocycles. The largest absolute Gasteiger partial charge is 0.508 e. The van der Waals surface area contributed by atoms with Crippen molar-refractivity contribution in [3.8, 4) is 16.3 Å². The van der Waals surface area contributed by atoms with Crippen LogP contribution in [-0.4, -0.2) is 31.6 Å². The minimum absolute atomic E-state index is 0.0121. The maximum Gasteiger partial charge on any atom is 0.339 e. The Kier molecular flexibility index (Phi) is 6.37. The van der Waals surface area contributed by atoms with Gasteiger partial charge in [0.2, 0.25) is 5.91 Å². The molecule has 0 atom stereocenters. The van der Waals surface area contributed by atoms with Crippen LogP contribution in [-0.2, 0) is 17.8 Å². The maximum absolute atomic E-state index is 14.0. The number of phenolic OH excluding ortho intramolecular Hbond substituents is 1. The number of aromatic carboxylic acids is 1. The molecule has 0 spiro atoms. The fourth-order valence-corrected chi connectivity index (χ4v) is 4.10. The molecule has 158 valence electrons. The van der Waals surface area contributed by atoms with E-state index in [2.05, 4.69) is 10.3 Å². The Hall–Kier alpha value is -2.98. The second kappa shape index (κ2) is 8.80. The summed E-state index contributed by atoms with van der Waals surface area (Å²) in [4.78, 5) is 28.0. The highest BCUT2D eigenvalue weighted by Gasteiger charge is 2.20. The summed E-state index contributed by atoms with van der Waals surface area (Å²) in [7, 11) is 0. The van der Waals surface area contributed by atoms with Crippen LogP contribution in [0, 0.1) is 11.6 Å². The molecule has 0 saturated heterocycles. The monoisotopic (exact) mass is 455 g/mol. The van der Waals surface area contributed by atoms with Crippen LogP contribution in [0.3, 0.4) is 0 Å². The topological polar surface area (TPSA) is 104 Å². The van der Waals surface area contributed by atoms with E-state index in [1.54, 1.807) is 4.57 Å². The summed E-state index contributed by atoms with van der Waals surface area (Å²) in [6, 6.07) is 1.53. The average Bonchev–Trinajstić information content (AvgIpc) is 3.22. The molecule has 0 radical (unpaired) electrons. The van der Waals surface area contributed by atoms with Gasteiger partial charge in [0.05, 0.1) is 11.3 Å². The Labute approximate surface area is 178 Å². The number of aryl methyl sites for hydroxylation is 2. The van der Waals surface area contributed by atoms with Gasteiger partial charge in [-0.15, -0.1) is 11.3 Å². The molecule has 7 nitrogen and oxygen atoms in total. The molecule has 0 bridgehead atoms. The zero-order valence-electron chi connectivity index (χ0n) is 15.6. The van der Waals surface area contributed by atoms with E-state index in [1.807, 2.05) is 6.92 Å². The van der Waals surface area contributed by atoms with E-state index in [0.717, 1.165) is 23.5 Å². The van der Waals surface area contributed by atoms with Crippen LogP contribution in [0.1, 0.15) is 28.6 Å². The number of anilines is 1. The van der Waals surface area contributed by atoms with Crippen LogP contribution in [0.2, 0.25) is 5.15 Å². The Balaban J connectivity index is 1.72. The van der Waals surface area contributed by atoms with Crippen molar-refractivity contribution in [1.82, 2.24) is 9.55 Å². The fourth-order valence-electron chi connectivity index (χ4n) is 2.76. The van der Waals surface area contributed by atoms with Crippen LogP contribution in [0.5, 0.6) is 5.75 Å². The third-order valence-electron chi connectivity index (χ3n) is 4.22. The van der Waals surface area contributed by atoms with E-state index in [4.69, 9.17) is 11.6 Å². The molecule has 30 heavy (non-hydrogen) atoms. The number of benzene rings is 1. The second-order valence-corrected chi connectivity index (χ2v) is 7.73. The second-order valence-electron chi connectivity index (χ2n) is 6.29. The van der Waals surface area contributed by atoms with E-state index in [-0.39, 0.29) is 34.3 Å². The van der Waals surface area contributed by atoms with E-state index < -0.39 is 34.8 Å². The van der Waals surface area contributed by atoms with Gasteiger partial charge in [-0.2, -0.15) is 0 Å². The standard InChI is InChI=1S/C19H16ClF2N3O4S/c1-2-25-7-10(19(28)29)13(8-25)23-15(27)4-3-14-17(20)24-18(30-14)16-11(21)5-9(26)6-12(16)22/h5-8,26H,2-4H2,1H3,(H,23,27)(H,28,29). The predicted octanol–water partition coefficient (Wildman–Crippen LogP) is 4.54. The molecule has 2 aromatic heterocycles. The summed E-state index contributed by atoms with van der Waals surface area (Å²) in [5, 5.41) is 21.0. The van der Waals surface area contributed by atoms with Crippen LogP contribution in [0.15, 0.2) is 24.5 Å². The van der Waals surface area contributed by atoms with Crippen molar-refractivity contribution in [2.75, 3.05) is 5.32 Å². The van der Waals surface area contributed by atoms with Gasteiger partial charge >= 0.3 is 5.97 Å². The molecule has 11 heteroatoms. The molecule has 0 aliphatic heterocycles. The molecule has 0 aliphatic carbocycles. The number of carboxylic acid groups (broad SMARTS) is 1. The maximum atomic E-state index is 14.0. The summed E-state index contributed by atoms with van der Waals surface area (Å²) in [5.41, 5.74) is -0.261. The van der Waals surface area contributed by atoms with Gasteiger partial charge in [-0.3, -0.25) is 4.79 Å². The number of hydrogen-bond donors (Lipinski definition) is 3. The number of amides is 1. The lowest BCUT2D eigenvalue weighted by atomic mass is 10.2. The Bertz CT molecular complexity index is 1110. The quantitative estimate of drug-likeness (QED) is 0.485. The van der Waals surface area contributed by atoms with Crippen molar-refractivity contribution >= 4 is 40.5 Å². The highest BCUT2D eigenvalue weighted by atomic mass is 35.5. The van der Waals surface area contributed by atoms with Crippen molar-refractivity contribution in [3.05, 3.63) is 51.8 Å². The number of aromatic hydroxyl groups is 1. The smallest absolute Gasteiger partial charge is 0.339 e. The van der Waals surface area contributed by atoms with E-state index in [9.17, 15) is 28.6 Å². The Morgan fingerprint density at radius 3 is 2.53 bits per heavy atom. The summed E-state index contributed by atoms with van der Waals surface area (Å²) < 4.78 is 29.7. The number of halogens is 3. The minimum atomic E-state index is -1.16. The molecule has 2 heterocycles. The highest BCUT2D eigenvalue weighted by Crippen LogP contribution is 2.36. The lowest BCUT2D eigenvalue weighted by molar-refractivity contribution is -0.116. The number of carboxylic acids is 1. The first-order valence-corrected chi connectivity index (χ1v) is 9.95. The van der Waals surface area contributed by atoms with Crippen LogP contribution in [0.25, 0.3) is 10.6 Å². The van der Waals surface area contributed by atoms with E-state index in [1.165, 1.54) is 12.4 Å². The number of nitrogens with zero attached hydrogens (tertiary/aromatic N) is 2. The van der Waals surface area contributed by atoms with Gasteiger partial charge in [0, 0.05) is 42.4 Å². The van der Waals surface area contributed by atoms with E-state index in [0.29, 0.717) is 11.4 Å². The molecule has 0 fully saturated rings. The van der Waals surface area contributed by atoms with Crippen molar-refractivity contribution < 1.29 is 28.6 Å². The lowest BCUT2D eigenvalue weighted by Crippen LogP contribution is -2.13. The molecular weight excluding hydrogens is 440 g/mol. The minimum Gasteiger partial charge on any atom is -0.508 e. The summed E-state index contributed by atoms with van der Waals surface area (Å²) >= 11 is 6.98. The Morgan fingerprint density at radius 2 is 1.93 bits per heavy atom. The van der Waals surface area contributed by atoms with Gasteiger partial charge in [-0.1, -0.05) is 11.6 Å². The van der Waals surface area contributed by atoms with Crippen molar-refractivity contribution in [2.24, 2.45) is 0 Å². The SMILES string of the molecule is CCn1cc(NC(=O)CCc2sc(-c3c(F)cc(O)cc3F)nc2Cl)c(C(=O)O)c1.